The van der Waals surface area contributed by atoms with Crippen LogP contribution in [0.15, 0.2) is 41.3 Å². The number of anilines is 2. The normalized spacial score (nSPS) is 11.8. The summed E-state index contributed by atoms with van der Waals surface area (Å²) in [6.07, 6.45) is 0. The van der Waals surface area contributed by atoms with Crippen LogP contribution >= 0.6 is 11.3 Å². The Bertz CT molecular complexity index is 1450. The molecule has 0 aliphatic carbocycles. The third-order valence-electron chi connectivity index (χ3n) is 5.00. The molecule has 3 heterocycles. The third-order valence-corrected chi connectivity index (χ3v) is 7.49. The Kier molecular flexibility index (Phi) is 6.41. The van der Waals surface area contributed by atoms with Gasteiger partial charge >= 0.3 is 0 Å². The Balaban J connectivity index is 1.49. The van der Waals surface area contributed by atoms with Gasteiger partial charge in [0.05, 0.1) is 15.5 Å². The van der Waals surface area contributed by atoms with Crippen LogP contribution in [0, 0.1) is 26.7 Å². The van der Waals surface area contributed by atoms with Gasteiger partial charge in [0.15, 0.2) is 0 Å². The Hall–Kier alpha value is -3.31. The number of aryl methyl sites for hydroxylation is 3. The topological polar surface area (TPSA) is 119 Å². The highest BCUT2D eigenvalue weighted by atomic mass is 32.2. The minimum Gasteiger partial charge on any atom is -0.321 e. The Morgan fingerprint density at radius 2 is 1.71 bits per heavy atom. The molecule has 0 spiro atoms. The van der Waals surface area contributed by atoms with Crippen molar-refractivity contribution in [1.82, 2.24) is 19.7 Å². The van der Waals surface area contributed by atoms with Crippen LogP contribution in [0.4, 0.5) is 11.6 Å². The number of rotatable bonds is 7. The van der Waals surface area contributed by atoms with Gasteiger partial charge in [0.1, 0.15) is 4.83 Å². The molecule has 9 nitrogen and oxygen atoms in total. The standard InChI is InChI=1S/C23H26N6O3S2/c1-13(2)12-29-22-19(16(5)27-29)11-20(33-22)21(30)26-17-6-8-18(9-7-17)34(31,32)28-23-24-14(3)10-15(4)25-23/h6-11,13H,12H2,1-5H3,(H,26,30)(H,24,25,28). The number of fused-ring (bicyclic) bond motifs is 1. The number of sulfonamides is 1. The van der Waals surface area contributed by atoms with E-state index in [1.54, 1.807) is 32.0 Å². The molecule has 0 radical (unpaired) electrons. The summed E-state index contributed by atoms with van der Waals surface area (Å²) in [5.41, 5.74) is 2.71. The molecule has 1 amide bonds. The number of aromatic nitrogens is 4. The van der Waals surface area contributed by atoms with E-state index in [0.717, 1.165) is 22.5 Å². The lowest BCUT2D eigenvalue weighted by atomic mass is 10.2. The fourth-order valence-corrected chi connectivity index (χ4v) is 5.57. The van der Waals surface area contributed by atoms with Gasteiger partial charge in [-0.05, 0) is 63.1 Å². The van der Waals surface area contributed by atoms with Gasteiger partial charge in [0.2, 0.25) is 5.95 Å². The van der Waals surface area contributed by atoms with Crippen LogP contribution in [0.5, 0.6) is 0 Å². The SMILES string of the molecule is Cc1cc(C)nc(NS(=O)(=O)c2ccc(NC(=O)c3cc4c(C)nn(CC(C)C)c4s3)cc2)n1. The highest BCUT2D eigenvalue weighted by Gasteiger charge is 2.19. The minimum atomic E-state index is -3.87. The van der Waals surface area contributed by atoms with E-state index in [1.807, 2.05) is 17.7 Å². The number of carbonyl (C=O) groups is 1. The van der Waals surface area contributed by atoms with Gasteiger partial charge < -0.3 is 5.32 Å². The summed E-state index contributed by atoms with van der Waals surface area (Å²) in [5.74, 6) is 0.202. The number of benzene rings is 1. The monoisotopic (exact) mass is 498 g/mol. The predicted molar refractivity (Wildman–Crippen MR) is 134 cm³/mol. The molecule has 1 aromatic carbocycles. The molecule has 0 saturated heterocycles. The van der Waals surface area contributed by atoms with Crippen molar-refractivity contribution in [3.05, 3.63) is 58.4 Å². The minimum absolute atomic E-state index is 0.0194. The highest BCUT2D eigenvalue weighted by molar-refractivity contribution is 7.92. The average Bonchev–Trinajstić information content (AvgIpc) is 3.28. The van der Waals surface area contributed by atoms with Gasteiger partial charge in [-0.25, -0.2) is 23.1 Å². The van der Waals surface area contributed by atoms with Crippen LogP contribution in [0.25, 0.3) is 10.2 Å². The second-order valence-corrected chi connectivity index (χ2v) is 11.3. The van der Waals surface area contributed by atoms with Crippen LogP contribution in [0.3, 0.4) is 0 Å². The molecular weight excluding hydrogens is 472 g/mol. The Morgan fingerprint density at radius 1 is 1.06 bits per heavy atom. The van der Waals surface area contributed by atoms with E-state index in [4.69, 9.17) is 0 Å². The van der Waals surface area contributed by atoms with E-state index in [2.05, 4.69) is 39.0 Å². The van der Waals surface area contributed by atoms with Crippen LogP contribution in [0.2, 0.25) is 0 Å². The molecule has 3 aromatic heterocycles. The van der Waals surface area contributed by atoms with Gasteiger partial charge in [0.25, 0.3) is 15.9 Å². The predicted octanol–water partition coefficient (Wildman–Crippen LogP) is 4.52. The summed E-state index contributed by atoms with van der Waals surface area (Å²) in [6, 6.07) is 9.56. The van der Waals surface area contributed by atoms with Crippen molar-refractivity contribution in [2.24, 2.45) is 5.92 Å². The molecule has 0 bridgehead atoms. The first-order valence-corrected chi connectivity index (χ1v) is 13.1. The number of carbonyl (C=O) groups excluding carboxylic acids is 1. The summed E-state index contributed by atoms with van der Waals surface area (Å²) >= 11 is 1.39. The number of nitrogens with one attached hydrogen (secondary N) is 2. The summed E-state index contributed by atoms with van der Waals surface area (Å²) in [7, 11) is -3.87. The second-order valence-electron chi connectivity index (χ2n) is 8.55. The molecule has 0 unspecified atom stereocenters. The van der Waals surface area contributed by atoms with Crippen molar-refractivity contribution in [2.45, 2.75) is 46.1 Å². The number of nitrogens with zero attached hydrogens (tertiary/aromatic N) is 4. The summed E-state index contributed by atoms with van der Waals surface area (Å²) in [4.78, 5) is 22.6. The average molecular weight is 499 g/mol. The maximum atomic E-state index is 12.8. The first kappa shape index (κ1) is 23.8. The third kappa shape index (κ3) is 5.10. The Morgan fingerprint density at radius 3 is 2.32 bits per heavy atom. The van der Waals surface area contributed by atoms with Crippen molar-refractivity contribution in [1.29, 1.82) is 0 Å². The van der Waals surface area contributed by atoms with Crippen LogP contribution < -0.4 is 10.0 Å². The van der Waals surface area contributed by atoms with E-state index >= 15 is 0 Å². The van der Waals surface area contributed by atoms with Crippen molar-refractivity contribution in [2.75, 3.05) is 10.0 Å². The van der Waals surface area contributed by atoms with Crippen molar-refractivity contribution in [3.63, 3.8) is 0 Å². The quantitative estimate of drug-likeness (QED) is 0.387. The molecule has 178 valence electrons. The molecule has 2 N–H and O–H groups in total. The lowest BCUT2D eigenvalue weighted by molar-refractivity contribution is 0.103. The zero-order valence-electron chi connectivity index (χ0n) is 19.6. The van der Waals surface area contributed by atoms with Crippen molar-refractivity contribution < 1.29 is 13.2 Å². The summed E-state index contributed by atoms with van der Waals surface area (Å²) in [6.45, 7) is 10.5. The molecule has 0 aliphatic heterocycles. The lowest BCUT2D eigenvalue weighted by Crippen LogP contribution is -2.16. The maximum Gasteiger partial charge on any atom is 0.265 e. The van der Waals surface area contributed by atoms with Crippen LogP contribution in [-0.2, 0) is 16.6 Å². The lowest BCUT2D eigenvalue weighted by Gasteiger charge is -2.09. The van der Waals surface area contributed by atoms with E-state index in [0.29, 0.717) is 27.9 Å². The first-order chi connectivity index (χ1) is 16.0. The molecule has 34 heavy (non-hydrogen) atoms. The molecular formula is C23H26N6O3S2. The molecule has 0 saturated carbocycles. The van der Waals surface area contributed by atoms with Gasteiger partial charge in [-0.3, -0.25) is 9.48 Å². The van der Waals surface area contributed by atoms with Gasteiger partial charge in [0, 0.05) is 29.0 Å². The largest absolute Gasteiger partial charge is 0.321 e. The van der Waals surface area contributed by atoms with E-state index < -0.39 is 10.0 Å². The molecule has 4 rings (SSSR count). The zero-order valence-corrected chi connectivity index (χ0v) is 21.2. The smallest absolute Gasteiger partial charge is 0.265 e. The highest BCUT2D eigenvalue weighted by Crippen LogP contribution is 2.29. The molecule has 0 aliphatic rings. The number of thiophene rings is 1. The zero-order chi connectivity index (χ0) is 24.6. The van der Waals surface area contributed by atoms with Crippen LogP contribution in [0.1, 0.15) is 40.6 Å². The maximum absolute atomic E-state index is 12.8. The van der Waals surface area contributed by atoms with E-state index in [9.17, 15) is 13.2 Å². The van der Waals surface area contributed by atoms with Crippen molar-refractivity contribution >= 4 is 49.1 Å². The molecule has 4 aromatic rings. The van der Waals surface area contributed by atoms with Crippen LogP contribution in [-0.4, -0.2) is 34.1 Å². The summed E-state index contributed by atoms with van der Waals surface area (Å²) < 4.78 is 29.7. The number of hydrogen-bond donors (Lipinski definition) is 2. The number of amides is 1. The van der Waals surface area contributed by atoms with Crippen molar-refractivity contribution in [3.8, 4) is 0 Å². The first-order valence-electron chi connectivity index (χ1n) is 10.8. The molecule has 0 fully saturated rings. The van der Waals surface area contributed by atoms with Gasteiger partial charge in [-0.2, -0.15) is 5.10 Å². The Labute approximate surface area is 202 Å². The van der Waals surface area contributed by atoms with Gasteiger partial charge in [-0.1, -0.05) is 13.8 Å². The molecule has 11 heteroatoms. The summed E-state index contributed by atoms with van der Waals surface area (Å²) in [5, 5.41) is 8.37. The number of hydrogen-bond acceptors (Lipinski definition) is 7. The fourth-order valence-electron chi connectivity index (χ4n) is 3.56. The molecule has 0 atom stereocenters. The van der Waals surface area contributed by atoms with E-state index in [1.165, 1.54) is 23.5 Å². The fraction of sp³-hybridized carbons (Fsp3) is 0.304. The van der Waals surface area contributed by atoms with Gasteiger partial charge in [-0.15, -0.1) is 11.3 Å². The second kappa shape index (κ2) is 9.15. The van der Waals surface area contributed by atoms with E-state index in [-0.39, 0.29) is 16.8 Å².